The Kier molecular flexibility index (Phi) is 3.37. The highest BCUT2D eigenvalue weighted by molar-refractivity contribution is 6.07. The van der Waals surface area contributed by atoms with Crippen LogP contribution in [0.4, 0.5) is 5.69 Å². The highest BCUT2D eigenvalue weighted by atomic mass is 16.2. The van der Waals surface area contributed by atoms with E-state index >= 15 is 0 Å². The van der Waals surface area contributed by atoms with Crippen LogP contribution in [0.25, 0.3) is 5.65 Å². The summed E-state index contributed by atoms with van der Waals surface area (Å²) < 4.78 is 1.66. The molecule has 0 saturated heterocycles. The molecule has 3 heterocycles. The fourth-order valence-electron chi connectivity index (χ4n) is 3.48. The molecule has 24 heavy (non-hydrogen) atoms. The van der Waals surface area contributed by atoms with E-state index in [4.69, 9.17) is 0 Å². The molecule has 1 aliphatic rings. The fourth-order valence-corrected chi connectivity index (χ4v) is 3.48. The second-order valence-corrected chi connectivity index (χ2v) is 6.45. The molecule has 0 aliphatic carbocycles. The van der Waals surface area contributed by atoms with Crippen molar-refractivity contribution in [2.45, 2.75) is 33.6 Å². The maximum absolute atomic E-state index is 13.3. The normalized spacial score (nSPS) is 14.0. The number of anilines is 1. The van der Waals surface area contributed by atoms with Crippen LogP contribution in [0.5, 0.6) is 0 Å². The van der Waals surface area contributed by atoms with Gasteiger partial charge in [0, 0.05) is 18.8 Å². The van der Waals surface area contributed by atoms with Gasteiger partial charge in [0.25, 0.3) is 5.91 Å². The topological polar surface area (TPSA) is 50.5 Å². The van der Waals surface area contributed by atoms with Crippen LogP contribution in [0.3, 0.4) is 0 Å². The molecule has 0 atom stereocenters. The van der Waals surface area contributed by atoms with Gasteiger partial charge in [-0.3, -0.25) is 4.79 Å². The monoisotopic (exact) mass is 320 g/mol. The molecule has 2 aromatic heterocycles. The molecular weight excluding hydrogens is 300 g/mol. The third kappa shape index (κ3) is 2.19. The quantitative estimate of drug-likeness (QED) is 0.691. The van der Waals surface area contributed by atoms with Crippen molar-refractivity contribution in [2.75, 3.05) is 11.4 Å². The largest absolute Gasteiger partial charge is 0.308 e. The molecule has 122 valence electrons. The first kappa shape index (κ1) is 14.9. The van der Waals surface area contributed by atoms with E-state index in [2.05, 4.69) is 36.1 Å². The number of carbonyl (C=O) groups excluding carboxylic acids is 1. The van der Waals surface area contributed by atoms with Crippen molar-refractivity contribution in [1.29, 1.82) is 0 Å². The second kappa shape index (κ2) is 5.44. The smallest absolute Gasteiger partial charge is 0.261 e. The minimum absolute atomic E-state index is 0.00653. The van der Waals surface area contributed by atoms with Crippen LogP contribution in [0.15, 0.2) is 30.6 Å². The zero-order chi connectivity index (χ0) is 16.8. The van der Waals surface area contributed by atoms with E-state index in [1.807, 2.05) is 17.9 Å². The molecule has 0 saturated carbocycles. The molecule has 3 aromatic rings. The summed E-state index contributed by atoms with van der Waals surface area (Å²) in [5, 5.41) is 4.21. The fraction of sp³-hybridized carbons (Fsp3) is 0.316. The lowest BCUT2D eigenvalue weighted by Crippen LogP contribution is -2.37. The molecule has 0 radical (unpaired) electrons. The van der Waals surface area contributed by atoms with Gasteiger partial charge in [0.05, 0.1) is 23.1 Å². The van der Waals surface area contributed by atoms with E-state index in [9.17, 15) is 4.79 Å². The minimum atomic E-state index is 0.00653. The number of nitrogens with zero attached hydrogens (tertiary/aromatic N) is 4. The van der Waals surface area contributed by atoms with Crippen LogP contribution < -0.4 is 4.90 Å². The van der Waals surface area contributed by atoms with E-state index in [0.717, 1.165) is 36.4 Å². The van der Waals surface area contributed by atoms with Crippen LogP contribution >= 0.6 is 0 Å². The number of carbonyl (C=O) groups is 1. The summed E-state index contributed by atoms with van der Waals surface area (Å²) in [6, 6.07) is 6.13. The average Bonchev–Trinajstić information content (AvgIpc) is 3.03. The maximum atomic E-state index is 13.3. The maximum Gasteiger partial charge on any atom is 0.261 e. The summed E-state index contributed by atoms with van der Waals surface area (Å²) in [7, 11) is 0. The molecule has 0 bridgehead atoms. The number of amides is 1. The van der Waals surface area contributed by atoms with Crippen molar-refractivity contribution in [2.24, 2.45) is 0 Å². The van der Waals surface area contributed by atoms with Crippen molar-refractivity contribution < 1.29 is 4.79 Å². The Labute approximate surface area is 140 Å². The Hall–Kier alpha value is -2.69. The first-order valence-corrected chi connectivity index (χ1v) is 8.28. The molecule has 4 rings (SSSR count). The van der Waals surface area contributed by atoms with Crippen molar-refractivity contribution >= 4 is 17.2 Å². The Morgan fingerprint density at radius 3 is 2.83 bits per heavy atom. The van der Waals surface area contributed by atoms with Gasteiger partial charge in [0.1, 0.15) is 0 Å². The summed E-state index contributed by atoms with van der Waals surface area (Å²) in [6.45, 7) is 6.82. The van der Waals surface area contributed by atoms with E-state index < -0.39 is 0 Å². The molecule has 0 spiro atoms. The van der Waals surface area contributed by atoms with Gasteiger partial charge in [-0.2, -0.15) is 5.10 Å². The number of benzene rings is 1. The van der Waals surface area contributed by atoms with Crippen LogP contribution in [0, 0.1) is 20.8 Å². The van der Waals surface area contributed by atoms with Crippen LogP contribution in [0.2, 0.25) is 0 Å². The summed E-state index contributed by atoms with van der Waals surface area (Å²) in [5.41, 5.74) is 6.84. The molecule has 0 fully saturated rings. The van der Waals surface area contributed by atoms with E-state index in [1.165, 1.54) is 16.7 Å². The highest BCUT2D eigenvalue weighted by Gasteiger charge is 2.27. The van der Waals surface area contributed by atoms with Crippen LogP contribution in [0.1, 0.15) is 39.2 Å². The second-order valence-electron chi connectivity index (χ2n) is 6.45. The first-order valence-electron chi connectivity index (χ1n) is 8.28. The summed E-state index contributed by atoms with van der Waals surface area (Å²) in [6.07, 6.45) is 5.49. The van der Waals surface area contributed by atoms with Crippen molar-refractivity contribution in [3.63, 3.8) is 0 Å². The minimum Gasteiger partial charge on any atom is -0.308 e. The van der Waals surface area contributed by atoms with E-state index in [-0.39, 0.29) is 5.91 Å². The van der Waals surface area contributed by atoms with E-state index in [0.29, 0.717) is 5.56 Å². The predicted molar refractivity (Wildman–Crippen MR) is 93.6 cm³/mol. The molecule has 1 amide bonds. The Morgan fingerprint density at radius 2 is 2.00 bits per heavy atom. The molecule has 1 aromatic carbocycles. The Balaban J connectivity index is 1.83. The van der Waals surface area contributed by atoms with Gasteiger partial charge in [-0.1, -0.05) is 12.1 Å². The lowest BCUT2D eigenvalue weighted by Gasteiger charge is -2.32. The summed E-state index contributed by atoms with van der Waals surface area (Å²) in [5.74, 6) is 0.00653. The van der Waals surface area contributed by atoms with Crippen molar-refractivity contribution in [3.05, 3.63) is 58.5 Å². The predicted octanol–water partition coefficient (Wildman–Crippen LogP) is 3.25. The molecule has 5 heteroatoms. The van der Waals surface area contributed by atoms with Crippen LogP contribution in [-0.4, -0.2) is 27.0 Å². The average molecular weight is 320 g/mol. The number of fused-ring (bicyclic) bond motifs is 2. The van der Waals surface area contributed by atoms with Crippen molar-refractivity contribution in [3.8, 4) is 0 Å². The standard InChI is InChI=1S/C19H20N4O/c1-12-6-7-15-5-4-10-22(18(15)13(12)2)19(24)16-11-23-17(8-9-20-23)21-14(16)3/h6-9,11H,4-5,10H2,1-3H3. The molecule has 1 aliphatic heterocycles. The molecular formula is C19H20N4O. The number of hydrogen-bond acceptors (Lipinski definition) is 3. The van der Waals surface area contributed by atoms with Crippen LogP contribution in [-0.2, 0) is 6.42 Å². The third-order valence-electron chi connectivity index (χ3n) is 4.93. The Morgan fingerprint density at radius 1 is 1.17 bits per heavy atom. The summed E-state index contributed by atoms with van der Waals surface area (Å²) in [4.78, 5) is 19.7. The first-order chi connectivity index (χ1) is 11.6. The number of aromatic nitrogens is 3. The zero-order valence-electron chi connectivity index (χ0n) is 14.2. The number of hydrogen-bond donors (Lipinski definition) is 0. The van der Waals surface area contributed by atoms with Gasteiger partial charge in [-0.25, -0.2) is 9.50 Å². The summed E-state index contributed by atoms with van der Waals surface area (Å²) >= 11 is 0. The number of aryl methyl sites for hydroxylation is 3. The highest BCUT2D eigenvalue weighted by Crippen LogP contribution is 2.33. The van der Waals surface area contributed by atoms with Crippen molar-refractivity contribution in [1.82, 2.24) is 14.6 Å². The molecule has 0 N–H and O–H groups in total. The van der Waals surface area contributed by atoms with E-state index in [1.54, 1.807) is 16.9 Å². The van der Waals surface area contributed by atoms with Gasteiger partial charge in [0.15, 0.2) is 5.65 Å². The lowest BCUT2D eigenvalue weighted by molar-refractivity contribution is 0.0983. The van der Waals surface area contributed by atoms with Gasteiger partial charge in [-0.15, -0.1) is 0 Å². The third-order valence-corrected chi connectivity index (χ3v) is 4.93. The SMILES string of the molecule is Cc1ccc2c(c1C)N(C(=O)c1cn3nccc3nc1C)CCC2. The van der Waals surface area contributed by atoms with Gasteiger partial charge in [-0.05, 0) is 50.3 Å². The van der Waals surface area contributed by atoms with Gasteiger partial charge < -0.3 is 4.90 Å². The van der Waals surface area contributed by atoms with Gasteiger partial charge in [0.2, 0.25) is 0 Å². The zero-order valence-corrected chi connectivity index (χ0v) is 14.2. The molecule has 5 nitrogen and oxygen atoms in total. The van der Waals surface area contributed by atoms with Gasteiger partial charge >= 0.3 is 0 Å². The Bertz CT molecular complexity index is 957. The molecule has 0 unspecified atom stereocenters. The number of rotatable bonds is 1. The lowest BCUT2D eigenvalue weighted by atomic mass is 9.94.